The number of ketones is 1. The van der Waals surface area contributed by atoms with Crippen LogP contribution in [0.5, 0.6) is 0 Å². The van der Waals surface area contributed by atoms with Crippen LogP contribution in [0.25, 0.3) is 0 Å². The molecule has 1 fully saturated rings. The van der Waals surface area contributed by atoms with Crippen LogP contribution in [-0.4, -0.2) is 46.5 Å². The lowest BCUT2D eigenvalue weighted by molar-refractivity contribution is -0.145. The molecule has 1 heterocycles. The second-order valence-corrected chi connectivity index (χ2v) is 10.4. The third kappa shape index (κ3) is 5.23. The van der Waals surface area contributed by atoms with Crippen molar-refractivity contribution in [2.75, 3.05) is 12.4 Å². The van der Waals surface area contributed by atoms with Gasteiger partial charge in [-0.3, -0.25) is 14.6 Å². The Hall–Kier alpha value is -2.94. The van der Waals surface area contributed by atoms with Gasteiger partial charge >= 0.3 is 5.97 Å². The number of hydrogen-bond donors (Lipinski definition) is 3. The molecule has 3 N–H and O–H groups in total. The Morgan fingerprint density at radius 1 is 1.16 bits per heavy atom. The zero-order chi connectivity index (χ0) is 26.8. The highest BCUT2D eigenvalue weighted by Gasteiger charge is 2.52. The Labute approximate surface area is 225 Å². The molecule has 2 aliphatic rings. The fourth-order valence-corrected chi connectivity index (χ4v) is 5.66. The minimum Gasteiger partial charge on any atom is -0.479 e. The molecule has 10 heteroatoms. The Balaban J connectivity index is 1.49. The van der Waals surface area contributed by atoms with Gasteiger partial charge in [0.15, 0.2) is 5.78 Å². The molecule has 0 aliphatic heterocycles. The summed E-state index contributed by atoms with van der Waals surface area (Å²) in [7, 11) is 1.67. The molecule has 1 saturated carbocycles. The first-order valence-electron chi connectivity index (χ1n) is 12.1. The molecular weight excluding hydrogens is 517 g/mol. The number of nitrogens with one attached hydrogen (secondary N) is 2. The van der Waals surface area contributed by atoms with Crippen molar-refractivity contribution < 1.29 is 24.2 Å². The molecule has 0 radical (unpaired) electrons. The summed E-state index contributed by atoms with van der Waals surface area (Å²) in [6, 6.07) is 6.91. The summed E-state index contributed by atoms with van der Waals surface area (Å²) in [6.45, 7) is 1.81. The van der Waals surface area contributed by atoms with Gasteiger partial charge in [0.25, 0.3) is 5.91 Å². The van der Waals surface area contributed by atoms with Crippen LogP contribution < -0.4 is 10.6 Å². The van der Waals surface area contributed by atoms with E-state index in [1.54, 1.807) is 31.4 Å². The lowest BCUT2D eigenvalue weighted by atomic mass is 9.61. The highest BCUT2D eigenvalue weighted by atomic mass is 35.5. The Morgan fingerprint density at radius 2 is 1.78 bits per heavy atom. The number of carboxylic acids is 1. The molecule has 0 unspecified atom stereocenters. The number of ether oxygens (including phenoxy) is 1. The fraction of sp³-hybridized carbons (Fsp3) is 0.407. The van der Waals surface area contributed by atoms with Crippen LogP contribution in [0.3, 0.4) is 0 Å². The van der Waals surface area contributed by atoms with Gasteiger partial charge in [-0.2, -0.15) is 0 Å². The summed E-state index contributed by atoms with van der Waals surface area (Å²) in [5.41, 5.74) is 0.155. The average molecular weight is 546 g/mol. The molecule has 0 bridgehead atoms. The second-order valence-electron chi connectivity index (χ2n) is 9.61. The SMILES string of the molecule is CC[C@@](Cc1ccc(NC(=O)c2c(Cl)cncc2Cl)cc1)(NC1=CC(=O)C12CCC(OC)CC2)C(=O)O. The number of carboxylic acid groups (broad SMARTS) is 1. The van der Waals surface area contributed by atoms with Gasteiger partial charge in [0, 0.05) is 43.4 Å². The lowest BCUT2D eigenvalue weighted by Gasteiger charge is -2.48. The molecule has 8 nitrogen and oxygen atoms in total. The van der Waals surface area contributed by atoms with Crippen LogP contribution in [0, 0.1) is 5.41 Å². The fourth-order valence-electron chi connectivity index (χ4n) is 5.13. The van der Waals surface area contributed by atoms with Gasteiger partial charge in [-0.25, -0.2) is 4.79 Å². The normalized spacial score (nSPS) is 22.5. The van der Waals surface area contributed by atoms with Crippen LogP contribution in [0.2, 0.25) is 10.0 Å². The summed E-state index contributed by atoms with van der Waals surface area (Å²) in [5, 5.41) is 16.5. The maximum absolute atomic E-state index is 12.6. The Morgan fingerprint density at radius 3 is 2.30 bits per heavy atom. The molecule has 4 rings (SSSR count). The number of amides is 1. The number of hydrogen-bond acceptors (Lipinski definition) is 6. The topological polar surface area (TPSA) is 118 Å². The van der Waals surface area contributed by atoms with Gasteiger partial charge in [-0.15, -0.1) is 0 Å². The smallest absolute Gasteiger partial charge is 0.329 e. The number of rotatable bonds is 9. The van der Waals surface area contributed by atoms with Crippen molar-refractivity contribution >= 4 is 46.5 Å². The van der Waals surface area contributed by atoms with Crippen LogP contribution in [0.1, 0.15) is 54.9 Å². The van der Waals surface area contributed by atoms with Crippen LogP contribution in [-0.2, 0) is 20.7 Å². The zero-order valence-electron chi connectivity index (χ0n) is 20.6. The van der Waals surface area contributed by atoms with Crippen LogP contribution in [0.15, 0.2) is 48.4 Å². The lowest BCUT2D eigenvalue weighted by Crippen LogP contribution is -2.59. The predicted octanol–water partition coefficient (Wildman–Crippen LogP) is 5.05. The van der Waals surface area contributed by atoms with Crippen molar-refractivity contribution in [3.8, 4) is 0 Å². The number of allylic oxidation sites excluding steroid dienone is 2. The van der Waals surface area contributed by atoms with Crippen molar-refractivity contribution in [1.29, 1.82) is 0 Å². The van der Waals surface area contributed by atoms with Gasteiger partial charge in [-0.05, 0) is 49.8 Å². The van der Waals surface area contributed by atoms with E-state index in [1.807, 2.05) is 6.92 Å². The maximum Gasteiger partial charge on any atom is 0.329 e. The standard InChI is InChI=1S/C27H29Cl2N3O5/c1-3-27(25(35)36,32-21-12-22(33)26(21)10-8-18(37-2)9-11-26)13-16-4-6-17(7-5-16)31-24(34)23-19(28)14-30-15-20(23)29/h4-7,12,14-15,18,32H,3,8-11,13H2,1-2H3,(H,31,34)(H,35,36)/t18?,26?,27-/m0/s1. The van der Waals surface area contributed by atoms with E-state index in [2.05, 4.69) is 15.6 Å². The molecule has 196 valence electrons. The summed E-state index contributed by atoms with van der Waals surface area (Å²) in [4.78, 5) is 41.6. The molecule has 1 aromatic carbocycles. The Bertz CT molecular complexity index is 1220. The highest BCUT2D eigenvalue weighted by Crippen LogP contribution is 2.49. The Kier molecular flexibility index (Phi) is 7.92. The van der Waals surface area contributed by atoms with E-state index >= 15 is 0 Å². The number of benzene rings is 1. The number of carbonyl (C=O) groups is 3. The number of nitrogens with zero attached hydrogens (tertiary/aromatic N) is 1. The summed E-state index contributed by atoms with van der Waals surface area (Å²) >= 11 is 12.1. The number of aliphatic carboxylic acids is 1. The molecule has 1 aromatic heterocycles. The minimum absolute atomic E-state index is 0.0504. The summed E-state index contributed by atoms with van der Waals surface area (Å²) in [5.74, 6) is -1.42. The largest absolute Gasteiger partial charge is 0.479 e. The van der Waals surface area contributed by atoms with E-state index in [0.29, 0.717) is 30.6 Å². The van der Waals surface area contributed by atoms with Crippen molar-refractivity contribution in [1.82, 2.24) is 10.3 Å². The number of anilines is 1. The average Bonchev–Trinajstić information content (AvgIpc) is 2.88. The molecule has 2 aliphatic carbocycles. The van der Waals surface area contributed by atoms with Gasteiger partial charge in [0.05, 0.1) is 27.1 Å². The summed E-state index contributed by atoms with van der Waals surface area (Å²) < 4.78 is 5.45. The van der Waals surface area contributed by atoms with Crippen molar-refractivity contribution in [2.45, 2.75) is 57.1 Å². The van der Waals surface area contributed by atoms with Gasteiger partial charge in [0.1, 0.15) is 5.54 Å². The van der Waals surface area contributed by atoms with E-state index in [9.17, 15) is 19.5 Å². The van der Waals surface area contributed by atoms with Crippen molar-refractivity contribution in [3.05, 3.63) is 69.6 Å². The molecule has 0 saturated heterocycles. The predicted molar refractivity (Wildman–Crippen MR) is 141 cm³/mol. The zero-order valence-corrected chi connectivity index (χ0v) is 22.2. The summed E-state index contributed by atoms with van der Waals surface area (Å²) in [6.07, 6.45) is 7.65. The van der Waals surface area contributed by atoms with E-state index < -0.39 is 22.8 Å². The first-order valence-corrected chi connectivity index (χ1v) is 12.9. The number of halogens is 2. The maximum atomic E-state index is 12.6. The minimum atomic E-state index is -1.29. The molecular formula is C27H29Cl2N3O5. The van der Waals surface area contributed by atoms with Crippen molar-refractivity contribution in [2.24, 2.45) is 5.41 Å². The quantitative estimate of drug-likeness (QED) is 0.403. The first-order chi connectivity index (χ1) is 17.6. The first kappa shape index (κ1) is 27.1. The van der Waals surface area contributed by atoms with E-state index in [1.165, 1.54) is 18.5 Å². The second kappa shape index (κ2) is 10.8. The third-order valence-corrected chi connectivity index (χ3v) is 8.14. The van der Waals surface area contributed by atoms with Crippen LogP contribution >= 0.6 is 23.2 Å². The van der Waals surface area contributed by atoms with Crippen molar-refractivity contribution in [3.63, 3.8) is 0 Å². The highest BCUT2D eigenvalue weighted by molar-refractivity contribution is 6.40. The number of pyridine rings is 1. The van der Waals surface area contributed by atoms with E-state index in [0.717, 1.165) is 18.4 Å². The van der Waals surface area contributed by atoms with Crippen LogP contribution in [0.4, 0.5) is 5.69 Å². The van der Waals surface area contributed by atoms with Gasteiger partial charge in [-0.1, -0.05) is 42.3 Å². The molecule has 1 atom stereocenters. The molecule has 2 aromatic rings. The van der Waals surface area contributed by atoms with Gasteiger partial charge in [0.2, 0.25) is 0 Å². The molecule has 1 spiro atoms. The monoisotopic (exact) mass is 545 g/mol. The molecule has 37 heavy (non-hydrogen) atoms. The number of methoxy groups -OCH3 is 1. The number of carbonyl (C=O) groups excluding carboxylic acids is 2. The number of aromatic nitrogens is 1. The van der Waals surface area contributed by atoms with Gasteiger partial charge < -0.3 is 20.5 Å². The third-order valence-electron chi connectivity index (χ3n) is 7.57. The van der Waals surface area contributed by atoms with E-state index in [4.69, 9.17) is 27.9 Å². The molecule has 1 amide bonds. The van der Waals surface area contributed by atoms with E-state index in [-0.39, 0.29) is 33.9 Å².